The number of rotatable bonds is 6. The van der Waals surface area contributed by atoms with Crippen LogP contribution in [0, 0.1) is 16.0 Å². The van der Waals surface area contributed by atoms with E-state index in [1.165, 1.54) is 36.1 Å². The second kappa shape index (κ2) is 7.08. The maximum atomic E-state index is 12.9. The van der Waals surface area contributed by atoms with Crippen molar-refractivity contribution in [2.45, 2.75) is 50.0 Å². The molecular formula is C18H20N2O7S. The Balaban J connectivity index is 1.72. The fourth-order valence-corrected chi connectivity index (χ4v) is 5.67. The molecule has 0 N–H and O–H groups in total. The number of nitro groups is 1. The second-order valence-electron chi connectivity index (χ2n) is 7.48. The minimum absolute atomic E-state index is 0.00633. The number of fused-ring (bicyclic) bond motifs is 1. The van der Waals surface area contributed by atoms with Gasteiger partial charge in [-0.15, -0.1) is 0 Å². The highest BCUT2D eigenvalue weighted by molar-refractivity contribution is 7.87. The molecule has 1 aromatic carbocycles. The summed E-state index contributed by atoms with van der Waals surface area (Å²) in [5.74, 6) is -1.88. The first-order valence-electron chi connectivity index (χ1n) is 8.68. The Kier molecular flexibility index (Phi) is 5.09. The number of hydrogen-bond donors (Lipinski definition) is 0. The van der Waals surface area contributed by atoms with Crippen LogP contribution in [0.15, 0.2) is 24.3 Å². The molecule has 1 aromatic rings. The van der Waals surface area contributed by atoms with Crippen molar-refractivity contribution in [2.75, 3.05) is 0 Å². The van der Waals surface area contributed by atoms with Gasteiger partial charge in [0.05, 0.1) is 26.4 Å². The van der Waals surface area contributed by atoms with Gasteiger partial charge in [-0.05, 0) is 38.5 Å². The fourth-order valence-electron chi connectivity index (χ4n) is 3.68. The molecular weight excluding hydrogens is 388 g/mol. The number of β-lactam (4-membered cyclic amide) rings is 1. The van der Waals surface area contributed by atoms with Gasteiger partial charge in [0.2, 0.25) is 5.91 Å². The van der Waals surface area contributed by atoms with E-state index in [9.17, 15) is 28.7 Å². The third-order valence-electron chi connectivity index (χ3n) is 5.12. The third-order valence-corrected chi connectivity index (χ3v) is 7.38. The molecule has 150 valence electrons. The first kappa shape index (κ1) is 20.1. The number of carbonyl (C=O) groups excluding carboxylic acids is 3. The molecule has 4 atom stereocenters. The van der Waals surface area contributed by atoms with Crippen LogP contribution in [0.5, 0.6) is 0 Å². The summed E-state index contributed by atoms with van der Waals surface area (Å²) in [4.78, 5) is 48.0. The summed E-state index contributed by atoms with van der Waals surface area (Å²) < 4.78 is 17.1. The molecule has 1 amide bonds. The molecule has 3 rings (SSSR count). The molecule has 2 heterocycles. The van der Waals surface area contributed by atoms with Gasteiger partial charge in [-0.25, -0.2) is 4.79 Å². The predicted octanol–water partition coefficient (Wildman–Crippen LogP) is 1.31. The smallest absolute Gasteiger partial charge is 0.330 e. The zero-order valence-corrected chi connectivity index (χ0v) is 16.4. The molecule has 9 nitrogen and oxygen atoms in total. The van der Waals surface area contributed by atoms with Crippen LogP contribution in [0.3, 0.4) is 0 Å². The Morgan fingerprint density at radius 2 is 1.89 bits per heavy atom. The van der Waals surface area contributed by atoms with Crippen LogP contribution in [-0.4, -0.2) is 47.9 Å². The maximum absolute atomic E-state index is 12.9. The lowest BCUT2D eigenvalue weighted by atomic mass is 9.88. The number of esters is 1. The predicted molar refractivity (Wildman–Crippen MR) is 98.3 cm³/mol. The summed E-state index contributed by atoms with van der Waals surface area (Å²) in [7, 11) is -1.52. The van der Waals surface area contributed by atoms with Gasteiger partial charge in [-0.3, -0.25) is 19.1 Å². The van der Waals surface area contributed by atoms with Crippen molar-refractivity contribution >= 4 is 34.1 Å². The number of hydrogen-bond acceptors (Lipinski definition) is 7. The van der Waals surface area contributed by atoms with Crippen molar-refractivity contribution in [3.05, 3.63) is 39.9 Å². The monoisotopic (exact) mass is 408 g/mol. The van der Waals surface area contributed by atoms with E-state index in [4.69, 9.17) is 4.74 Å². The van der Waals surface area contributed by atoms with E-state index in [1.807, 2.05) is 0 Å². The van der Waals surface area contributed by atoms with Gasteiger partial charge >= 0.3 is 5.97 Å². The molecule has 0 radical (unpaired) electrons. The standard InChI is InChI=1S/C18H20N2O7S/c1-10(21)8-13-15(22)19-14(18(2,3)28(26)16(13)19)17(23)27-9-11-4-6-12(7-5-11)20(24)25/h4-7,13-14,16H,8-9H2,1-3H3/t13-,14?,16-,28?/m1/s1. The van der Waals surface area contributed by atoms with Crippen LogP contribution in [0.1, 0.15) is 32.8 Å². The van der Waals surface area contributed by atoms with E-state index in [2.05, 4.69) is 0 Å². The van der Waals surface area contributed by atoms with E-state index in [0.717, 1.165) is 0 Å². The van der Waals surface area contributed by atoms with E-state index >= 15 is 0 Å². The molecule has 0 aromatic heterocycles. The number of amides is 1. The average molecular weight is 408 g/mol. The molecule has 0 saturated carbocycles. The molecule has 0 spiro atoms. The molecule has 2 aliphatic heterocycles. The van der Waals surface area contributed by atoms with Crippen molar-refractivity contribution in [3.8, 4) is 0 Å². The van der Waals surface area contributed by atoms with Gasteiger partial charge in [-0.2, -0.15) is 0 Å². The Morgan fingerprint density at radius 1 is 1.29 bits per heavy atom. The first-order valence-corrected chi connectivity index (χ1v) is 9.89. The van der Waals surface area contributed by atoms with Gasteiger partial charge in [0.25, 0.3) is 5.69 Å². The lowest BCUT2D eigenvalue weighted by molar-refractivity contribution is -0.384. The Bertz CT molecular complexity index is 880. The van der Waals surface area contributed by atoms with E-state index in [1.54, 1.807) is 13.8 Å². The molecule has 2 fully saturated rings. The highest BCUT2D eigenvalue weighted by Crippen LogP contribution is 2.47. The quantitative estimate of drug-likeness (QED) is 0.301. The van der Waals surface area contributed by atoms with Crippen LogP contribution in [-0.2, 0) is 36.5 Å². The molecule has 10 heteroatoms. The maximum Gasteiger partial charge on any atom is 0.330 e. The number of nitrogens with zero attached hydrogens (tertiary/aromatic N) is 2. The fraction of sp³-hybridized carbons (Fsp3) is 0.500. The van der Waals surface area contributed by atoms with Crippen molar-refractivity contribution < 1.29 is 28.3 Å². The molecule has 2 saturated heterocycles. The van der Waals surface area contributed by atoms with Crippen LogP contribution in [0.4, 0.5) is 5.69 Å². The van der Waals surface area contributed by atoms with Gasteiger partial charge in [-0.1, -0.05) is 0 Å². The Labute approximate surface area is 163 Å². The lowest BCUT2D eigenvalue weighted by Gasteiger charge is -2.43. The van der Waals surface area contributed by atoms with E-state index in [-0.39, 0.29) is 30.4 Å². The van der Waals surface area contributed by atoms with Gasteiger partial charge < -0.3 is 14.4 Å². The van der Waals surface area contributed by atoms with Crippen molar-refractivity contribution in [3.63, 3.8) is 0 Å². The Hall–Kier alpha value is -2.62. The summed E-state index contributed by atoms with van der Waals surface area (Å²) >= 11 is 0. The van der Waals surface area contributed by atoms with Gasteiger partial charge in [0.1, 0.15) is 23.8 Å². The number of ether oxygens (including phenoxy) is 1. The summed E-state index contributed by atoms with van der Waals surface area (Å²) in [6.45, 7) is 4.52. The number of carbonyl (C=O) groups is 3. The van der Waals surface area contributed by atoms with Crippen molar-refractivity contribution in [2.24, 2.45) is 5.92 Å². The molecule has 28 heavy (non-hydrogen) atoms. The normalized spacial score (nSPS) is 27.7. The van der Waals surface area contributed by atoms with Crippen LogP contribution < -0.4 is 0 Å². The first-order chi connectivity index (χ1) is 13.1. The van der Waals surface area contributed by atoms with Gasteiger partial charge in [0, 0.05) is 18.6 Å². The lowest BCUT2D eigenvalue weighted by Crippen LogP contribution is -2.63. The zero-order chi connectivity index (χ0) is 20.8. The van der Waals surface area contributed by atoms with E-state index in [0.29, 0.717) is 5.56 Å². The SMILES string of the molecule is CC(=O)C[C@@H]1C(=O)N2C(C(=O)OCc3ccc([N+](=O)[O-])cc3)C(C)(C)S(=O)[C@H]12. The summed E-state index contributed by atoms with van der Waals surface area (Å²) in [5, 5.41) is 10.0. The average Bonchev–Trinajstić information content (AvgIpc) is 2.82. The number of Topliss-reactive ketones (excluding diaryl/α,β-unsaturated/α-hetero) is 1. The molecule has 0 bridgehead atoms. The second-order valence-corrected chi connectivity index (χ2v) is 9.61. The molecule has 2 unspecified atom stereocenters. The molecule has 0 aliphatic carbocycles. The molecule has 2 aliphatic rings. The number of benzene rings is 1. The topological polar surface area (TPSA) is 124 Å². The van der Waals surface area contributed by atoms with E-state index < -0.39 is 43.8 Å². The summed E-state index contributed by atoms with van der Waals surface area (Å²) in [6, 6.07) is 4.55. The minimum Gasteiger partial charge on any atom is -0.459 e. The highest BCUT2D eigenvalue weighted by atomic mass is 32.2. The highest BCUT2D eigenvalue weighted by Gasteiger charge is 2.67. The van der Waals surface area contributed by atoms with Crippen LogP contribution in [0.25, 0.3) is 0 Å². The summed E-state index contributed by atoms with van der Waals surface area (Å²) in [5.41, 5.74) is 0.477. The number of ketones is 1. The summed E-state index contributed by atoms with van der Waals surface area (Å²) in [6.07, 6.45) is 0.00633. The third kappa shape index (κ3) is 3.21. The largest absolute Gasteiger partial charge is 0.459 e. The Morgan fingerprint density at radius 3 is 2.43 bits per heavy atom. The van der Waals surface area contributed by atoms with Crippen molar-refractivity contribution in [1.29, 1.82) is 0 Å². The zero-order valence-electron chi connectivity index (χ0n) is 15.6. The van der Waals surface area contributed by atoms with Crippen molar-refractivity contribution in [1.82, 2.24) is 4.90 Å². The van der Waals surface area contributed by atoms with Crippen LogP contribution in [0.2, 0.25) is 0 Å². The minimum atomic E-state index is -1.52. The van der Waals surface area contributed by atoms with Crippen LogP contribution >= 0.6 is 0 Å². The number of non-ortho nitro benzene ring substituents is 1. The van der Waals surface area contributed by atoms with Gasteiger partial charge in [0.15, 0.2) is 0 Å². The number of nitro benzene ring substituents is 1.